The number of carbonyl (C=O) groups excluding carboxylic acids is 2. The number of nitrogens with zero attached hydrogens (tertiary/aromatic N) is 2. The third-order valence-corrected chi connectivity index (χ3v) is 5.52. The molecule has 0 bridgehead atoms. The highest BCUT2D eigenvalue weighted by atomic mass is 35.5. The predicted octanol–water partition coefficient (Wildman–Crippen LogP) is 5.21. The molecule has 5 nitrogen and oxygen atoms in total. The second kappa shape index (κ2) is 7.99. The van der Waals surface area contributed by atoms with Crippen LogP contribution in [-0.4, -0.2) is 16.9 Å². The minimum atomic E-state index is -0.446. The van der Waals surface area contributed by atoms with Gasteiger partial charge in [-0.25, -0.2) is 9.78 Å². The van der Waals surface area contributed by atoms with E-state index in [1.165, 1.54) is 18.3 Å². The van der Waals surface area contributed by atoms with Gasteiger partial charge in [-0.05, 0) is 36.8 Å². The van der Waals surface area contributed by atoms with Gasteiger partial charge < -0.3 is 4.74 Å². The van der Waals surface area contributed by atoms with Crippen LogP contribution in [0.4, 0.5) is 10.8 Å². The number of thiazole rings is 1. The summed E-state index contributed by atoms with van der Waals surface area (Å²) in [7, 11) is 0. The van der Waals surface area contributed by atoms with Crippen LogP contribution >= 0.6 is 34.3 Å². The zero-order valence-corrected chi connectivity index (χ0v) is 16.5. The highest BCUT2D eigenvalue weighted by Crippen LogP contribution is 2.30. The molecule has 0 fully saturated rings. The molecule has 1 amide bonds. The molecular formula is C18H15ClN2O3S2. The van der Waals surface area contributed by atoms with E-state index in [0.29, 0.717) is 20.0 Å². The first-order chi connectivity index (χ1) is 12.4. The normalized spacial score (nSPS) is 10.6. The molecule has 0 spiro atoms. The molecule has 0 radical (unpaired) electrons. The average molecular weight is 407 g/mol. The summed E-state index contributed by atoms with van der Waals surface area (Å²) >= 11 is 8.31. The summed E-state index contributed by atoms with van der Waals surface area (Å²) in [6.07, 6.45) is 0. The van der Waals surface area contributed by atoms with Gasteiger partial charge in [0.15, 0.2) is 5.13 Å². The number of ether oxygens (including phenoxy) is 1. The van der Waals surface area contributed by atoms with Crippen LogP contribution in [-0.2, 0) is 16.1 Å². The minimum Gasteiger partial charge on any atom is -0.455 e. The van der Waals surface area contributed by atoms with Crippen molar-refractivity contribution in [2.24, 2.45) is 0 Å². The maximum atomic E-state index is 12.1. The van der Waals surface area contributed by atoms with E-state index in [1.807, 2.05) is 31.2 Å². The molecule has 134 valence electrons. The molecule has 1 aromatic carbocycles. The molecule has 0 unspecified atom stereocenters. The van der Waals surface area contributed by atoms with Crippen LogP contribution in [0.1, 0.15) is 27.9 Å². The van der Waals surface area contributed by atoms with Crippen molar-refractivity contribution in [3.8, 4) is 0 Å². The predicted molar refractivity (Wildman–Crippen MR) is 105 cm³/mol. The molecule has 0 N–H and O–H groups in total. The van der Waals surface area contributed by atoms with Gasteiger partial charge in [-0.3, -0.25) is 9.69 Å². The van der Waals surface area contributed by atoms with E-state index in [1.54, 1.807) is 22.4 Å². The first-order valence-electron chi connectivity index (χ1n) is 7.68. The summed E-state index contributed by atoms with van der Waals surface area (Å²) in [5.41, 5.74) is 2.39. The van der Waals surface area contributed by atoms with Gasteiger partial charge in [0.1, 0.15) is 11.5 Å². The summed E-state index contributed by atoms with van der Waals surface area (Å²) < 4.78 is 5.79. The summed E-state index contributed by atoms with van der Waals surface area (Å²) in [6, 6.07) is 10.9. The van der Waals surface area contributed by atoms with Crippen molar-refractivity contribution in [2.45, 2.75) is 20.5 Å². The van der Waals surface area contributed by atoms with Crippen molar-refractivity contribution in [1.82, 2.24) is 4.98 Å². The van der Waals surface area contributed by atoms with Crippen LogP contribution < -0.4 is 4.90 Å². The summed E-state index contributed by atoms with van der Waals surface area (Å²) in [4.78, 5) is 30.5. The van der Waals surface area contributed by atoms with Gasteiger partial charge in [-0.15, -0.1) is 22.7 Å². The standard InChI is InChI=1S/C18H15ClN2O3S2/c1-11-4-3-5-14(8-11)21(12(2)22)18-20-13(10-25-18)9-24-17(23)15-6-7-16(19)26-15/h3-8,10H,9H2,1-2H3. The average Bonchev–Trinajstić information content (AvgIpc) is 3.22. The molecule has 26 heavy (non-hydrogen) atoms. The number of hydrogen-bond donors (Lipinski definition) is 0. The van der Waals surface area contributed by atoms with Crippen molar-refractivity contribution in [3.05, 3.63) is 62.2 Å². The smallest absolute Gasteiger partial charge is 0.348 e. The zero-order chi connectivity index (χ0) is 18.7. The fourth-order valence-corrected chi connectivity index (χ4v) is 4.10. The molecule has 0 aliphatic heterocycles. The number of benzene rings is 1. The number of aryl methyl sites for hydroxylation is 1. The van der Waals surface area contributed by atoms with Crippen molar-refractivity contribution in [1.29, 1.82) is 0 Å². The summed E-state index contributed by atoms with van der Waals surface area (Å²) in [6.45, 7) is 3.49. The van der Waals surface area contributed by atoms with Gasteiger partial charge in [-0.2, -0.15) is 0 Å². The Morgan fingerprint density at radius 2 is 2.08 bits per heavy atom. The van der Waals surface area contributed by atoms with E-state index in [9.17, 15) is 9.59 Å². The van der Waals surface area contributed by atoms with Crippen LogP contribution in [0.15, 0.2) is 41.8 Å². The molecule has 0 saturated heterocycles. The number of rotatable bonds is 5. The van der Waals surface area contributed by atoms with Gasteiger partial charge in [0, 0.05) is 12.3 Å². The molecule has 0 aliphatic carbocycles. The second-order valence-corrected chi connectivity index (χ2v) is 8.05. The topological polar surface area (TPSA) is 59.5 Å². The van der Waals surface area contributed by atoms with Crippen molar-refractivity contribution in [2.75, 3.05) is 4.90 Å². The number of amides is 1. The Hall–Kier alpha value is -2.22. The molecule has 0 saturated carbocycles. The number of carbonyl (C=O) groups is 2. The Bertz CT molecular complexity index is 951. The largest absolute Gasteiger partial charge is 0.455 e. The van der Waals surface area contributed by atoms with Gasteiger partial charge in [0.05, 0.1) is 15.7 Å². The molecule has 2 aromatic heterocycles. The van der Waals surface area contributed by atoms with Crippen LogP contribution in [0.25, 0.3) is 0 Å². The lowest BCUT2D eigenvalue weighted by molar-refractivity contribution is -0.115. The van der Waals surface area contributed by atoms with Gasteiger partial charge in [-0.1, -0.05) is 23.7 Å². The van der Waals surface area contributed by atoms with E-state index < -0.39 is 5.97 Å². The first kappa shape index (κ1) is 18.6. The maximum Gasteiger partial charge on any atom is 0.348 e. The lowest BCUT2D eigenvalue weighted by Gasteiger charge is -2.18. The molecule has 0 aliphatic rings. The monoisotopic (exact) mass is 406 g/mol. The fraction of sp³-hybridized carbons (Fsp3) is 0.167. The number of hydrogen-bond acceptors (Lipinski definition) is 6. The van der Waals surface area contributed by atoms with Gasteiger partial charge in [0.2, 0.25) is 5.91 Å². The van der Waals surface area contributed by atoms with Gasteiger partial charge >= 0.3 is 5.97 Å². The van der Waals surface area contributed by atoms with Crippen LogP contribution in [0.2, 0.25) is 4.34 Å². The van der Waals surface area contributed by atoms with E-state index in [2.05, 4.69) is 4.98 Å². The van der Waals surface area contributed by atoms with Crippen molar-refractivity contribution >= 4 is 57.0 Å². The quantitative estimate of drug-likeness (QED) is 0.546. The third-order valence-electron chi connectivity index (χ3n) is 3.43. The lowest BCUT2D eigenvalue weighted by Crippen LogP contribution is -2.22. The second-order valence-electron chi connectivity index (χ2n) is 5.49. The Balaban J connectivity index is 1.73. The Kier molecular flexibility index (Phi) is 5.70. The highest BCUT2D eigenvalue weighted by molar-refractivity contribution is 7.17. The van der Waals surface area contributed by atoms with Gasteiger partial charge in [0.25, 0.3) is 0 Å². The number of esters is 1. The number of halogens is 1. The minimum absolute atomic E-state index is 0.0322. The van der Waals surface area contributed by atoms with Crippen molar-refractivity contribution in [3.63, 3.8) is 0 Å². The van der Waals surface area contributed by atoms with E-state index in [4.69, 9.17) is 16.3 Å². The van der Waals surface area contributed by atoms with Crippen LogP contribution in [0.3, 0.4) is 0 Å². The van der Waals surface area contributed by atoms with Crippen LogP contribution in [0.5, 0.6) is 0 Å². The van der Waals surface area contributed by atoms with Crippen molar-refractivity contribution < 1.29 is 14.3 Å². The third kappa shape index (κ3) is 4.30. The highest BCUT2D eigenvalue weighted by Gasteiger charge is 2.19. The molecule has 3 aromatic rings. The lowest BCUT2D eigenvalue weighted by atomic mass is 10.2. The SMILES string of the molecule is CC(=O)N(c1cccc(C)c1)c1nc(COC(=O)c2ccc(Cl)s2)cs1. The molecule has 0 atom stereocenters. The Morgan fingerprint density at radius 1 is 1.27 bits per heavy atom. The number of thiophene rings is 1. The number of aromatic nitrogens is 1. The molecule has 3 rings (SSSR count). The van der Waals surface area contributed by atoms with Crippen LogP contribution in [0, 0.1) is 6.92 Å². The first-order valence-corrected chi connectivity index (χ1v) is 9.75. The molecule has 2 heterocycles. The molecule has 8 heteroatoms. The summed E-state index contributed by atoms with van der Waals surface area (Å²) in [5, 5.41) is 2.31. The Labute approximate surface area is 163 Å². The van der Waals surface area contributed by atoms with E-state index >= 15 is 0 Å². The maximum absolute atomic E-state index is 12.1. The Morgan fingerprint density at radius 3 is 2.73 bits per heavy atom. The molecular weight excluding hydrogens is 392 g/mol. The van der Waals surface area contributed by atoms with E-state index in [0.717, 1.165) is 22.6 Å². The zero-order valence-electron chi connectivity index (χ0n) is 14.1. The summed E-state index contributed by atoms with van der Waals surface area (Å²) in [5.74, 6) is -0.583. The number of anilines is 2. The van der Waals surface area contributed by atoms with E-state index in [-0.39, 0.29) is 12.5 Å². The fourth-order valence-electron chi connectivity index (χ4n) is 2.29.